The van der Waals surface area contributed by atoms with Gasteiger partial charge < -0.3 is 9.80 Å². The summed E-state index contributed by atoms with van der Waals surface area (Å²) >= 11 is 0. The van der Waals surface area contributed by atoms with Crippen LogP contribution in [0.1, 0.15) is 131 Å². The molecule has 0 bridgehead atoms. The molecule has 0 amide bonds. The largest absolute Gasteiger partial charge is 0.310 e. The third-order valence-corrected chi connectivity index (χ3v) is 30.2. The molecule has 0 saturated carbocycles. The second kappa shape index (κ2) is 27.5. The molecule has 0 unspecified atom stereocenters. The van der Waals surface area contributed by atoms with E-state index in [1.165, 1.54) is 221 Å². The van der Waals surface area contributed by atoms with Crippen LogP contribution in [-0.2, 0) is 27.1 Å². The summed E-state index contributed by atoms with van der Waals surface area (Å²) in [7, 11) is 0. The number of benzene rings is 20. The van der Waals surface area contributed by atoms with Crippen molar-refractivity contribution in [3.63, 3.8) is 0 Å². The molecule has 6 aliphatic rings. The summed E-state index contributed by atoms with van der Waals surface area (Å²) in [6.07, 6.45) is 0. The lowest BCUT2D eigenvalue weighted by Crippen LogP contribution is -2.40. The van der Waals surface area contributed by atoms with Gasteiger partial charge in [-0.2, -0.15) is 0 Å². The van der Waals surface area contributed by atoms with Crippen molar-refractivity contribution >= 4 is 77.2 Å². The third kappa shape index (κ3) is 10.5. The summed E-state index contributed by atoms with van der Waals surface area (Å²) in [6.45, 7) is 18.9. The van der Waals surface area contributed by atoms with E-state index in [-0.39, 0.29) is 16.2 Å². The molecular formula is C125H92N2. The van der Waals surface area contributed by atoms with Crippen molar-refractivity contribution in [2.24, 2.45) is 0 Å². The highest BCUT2D eigenvalue weighted by Crippen LogP contribution is 2.66. The minimum absolute atomic E-state index is 0.134. The van der Waals surface area contributed by atoms with Crippen LogP contribution in [-0.4, -0.2) is 0 Å². The van der Waals surface area contributed by atoms with Gasteiger partial charge in [-0.15, -0.1) is 0 Å². The molecule has 0 saturated heterocycles. The van der Waals surface area contributed by atoms with Gasteiger partial charge in [0.15, 0.2) is 0 Å². The van der Waals surface area contributed by atoms with Crippen LogP contribution < -0.4 is 9.80 Å². The fraction of sp³-hybridized carbons (Fsp3) is 0.104. The van der Waals surface area contributed by atoms with Crippen LogP contribution in [0.2, 0.25) is 0 Å². The van der Waals surface area contributed by atoms with Gasteiger partial charge in [0.25, 0.3) is 0 Å². The van der Waals surface area contributed by atoms with Gasteiger partial charge >= 0.3 is 0 Å². The molecule has 2 nitrogen and oxygen atoms in total. The lowest BCUT2D eigenvalue weighted by molar-refractivity contribution is 0.563. The second-order valence-electron chi connectivity index (χ2n) is 37.7. The first-order valence-corrected chi connectivity index (χ1v) is 45.1. The van der Waals surface area contributed by atoms with Crippen molar-refractivity contribution in [1.82, 2.24) is 0 Å². The van der Waals surface area contributed by atoms with E-state index in [1.807, 2.05) is 0 Å². The normalized spacial score (nSPS) is 14.8. The number of hydrogen-bond donors (Lipinski definition) is 0. The van der Waals surface area contributed by atoms with E-state index >= 15 is 0 Å². The van der Waals surface area contributed by atoms with E-state index in [1.54, 1.807) is 0 Å². The number of aryl methyl sites for hydroxylation is 2. The Morgan fingerprint density at radius 3 is 0.756 bits per heavy atom. The molecule has 0 atom stereocenters. The van der Waals surface area contributed by atoms with Crippen molar-refractivity contribution in [3.05, 3.63) is 502 Å². The Hall–Kier alpha value is -15.0. The maximum absolute atomic E-state index is 2.54. The zero-order chi connectivity index (χ0) is 85.1. The fourth-order valence-corrected chi connectivity index (χ4v) is 24.5. The molecule has 26 rings (SSSR count). The summed E-state index contributed by atoms with van der Waals surface area (Å²) in [4.78, 5) is 5.07. The minimum Gasteiger partial charge on any atom is -0.310 e. The van der Waals surface area contributed by atoms with E-state index in [0.717, 1.165) is 22.7 Å². The summed E-state index contributed by atoms with van der Waals surface area (Å²) in [6, 6.07) is 156. The molecular weight excluding hydrogens is 1530 g/mol. The maximum Gasteiger partial charge on any atom is 0.0726 e. The first-order chi connectivity index (χ1) is 62.1. The van der Waals surface area contributed by atoms with Gasteiger partial charge in [0.1, 0.15) is 0 Å². The van der Waals surface area contributed by atoms with E-state index in [4.69, 9.17) is 0 Å². The van der Waals surface area contributed by atoms with E-state index in [9.17, 15) is 0 Å². The molecule has 20 aromatic carbocycles. The SMILES string of the molecule is Cc1cc(-c2cc3ccccc3c3ccccc23)ccc1N(c1ccc2c(c1)C(C)(C)c1ccccc1-2)c1ccc2c(c1)C1(c3ccccc3-2)c2ccccc2C(C)(C)c2ccccc21.Cc1cc(-c2cc3ccccc3c3ccccc23)ccc1N(c1ccc2c(c1)C(C)(C)c1ccccc1-2)c1ccc2c(c1)C1(c3ccccc3-c3ccccc31)c1ccccc1-2. The van der Waals surface area contributed by atoms with Crippen molar-refractivity contribution in [3.8, 4) is 77.9 Å². The molecule has 0 radical (unpaired) electrons. The smallest absolute Gasteiger partial charge is 0.0726 e. The van der Waals surface area contributed by atoms with Gasteiger partial charge in [-0.1, -0.05) is 369 Å². The molecule has 602 valence electrons. The molecule has 0 aliphatic heterocycles. The first kappa shape index (κ1) is 74.6. The van der Waals surface area contributed by atoms with Crippen LogP contribution in [0.4, 0.5) is 34.1 Å². The predicted molar refractivity (Wildman–Crippen MR) is 533 cm³/mol. The Kier molecular flexibility index (Phi) is 16.2. The van der Waals surface area contributed by atoms with Crippen molar-refractivity contribution < 1.29 is 0 Å². The zero-order valence-corrected chi connectivity index (χ0v) is 72.7. The molecule has 6 aliphatic carbocycles. The van der Waals surface area contributed by atoms with Gasteiger partial charge in [0.2, 0.25) is 0 Å². The maximum atomic E-state index is 2.54. The Morgan fingerprint density at radius 1 is 0.165 bits per heavy atom. The van der Waals surface area contributed by atoms with Gasteiger partial charge in [0.05, 0.1) is 10.8 Å². The van der Waals surface area contributed by atoms with Gasteiger partial charge in [0, 0.05) is 50.4 Å². The fourth-order valence-electron chi connectivity index (χ4n) is 24.5. The summed E-state index contributed by atoms with van der Waals surface area (Å²) in [5, 5.41) is 10.2. The minimum atomic E-state index is -0.492. The van der Waals surface area contributed by atoms with E-state index in [0.29, 0.717) is 0 Å². The average molecular weight is 1620 g/mol. The Morgan fingerprint density at radius 2 is 0.409 bits per heavy atom. The number of hydrogen-bond acceptors (Lipinski definition) is 2. The van der Waals surface area contributed by atoms with Crippen LogP contribution in [0.5, 0.6) is 0 Å². The lowest BCUT2D eigenvalue weighted by Gasteiger charge is -2.46. The highest BCUT2D eigenvalue weighted by Gasteiger charge is 2.55. The summed E-state index contributed by atoms with van der Waals surface area (Å²) in [5.74, 6) is 0. The predicted octanol–water partition coefficient (Wildman–Crippen LogP) is 32.8. The summed E-state index contributed by atoms with van der Waals surface area (Å²) in [5.41, 5.74) is 45.3. The molecule has 20 aromatic rings. The third-order valence-electron chi connectivity index (χ3n) is 30.2. The quantitative estimate of drug-likeness (QED) is 0.140. The number of anilines is 6. The molecule has 0 heterocycles. The molecule has 2 spiro atoms. The van der Waals surface area contributed by atoms with E-state index in [2.05, 4.69) is 478 Å². The Bertz CT molecular complexity index is 8000. The number of rotatable bonds is 8. The monoisotopic (exact) mass is 1620 g/mol. The van der Waals surface area contributed by atoms with E-state index < -0.39 is 10.8 Å². The lowest BCUT2D eigenvalue weighted by atomic mass is 9.55. The Labute approximate surface area is 743 Å². The van der Waals surface area contributed by atoms with Crippen molar-refractivity contribution in [2.75, 3.05) is 9.80 Å². The Balaban J connectivity index is 0.000000138. The first-order valence-electron chi connectivity index (χ1n) is 45.1. The topological polar surface area (TPSA) is 6.48 Å². The highest BCUT2D eigenvalue weighted by molar-refractivity contribution is 6.16. The van der Waals surface area contributed by atoms with Gasteiger partial charge in [-0.3, -0.25) is 0 Å². The molecule has 0 aromatic heterocycles. The average Bonchev–Trinajstić information content (AvgIpc) is 1.56. The molecule has 2 heteroatoms. The van der Waals surface area contributed by atoms with Crippen LogP contribution in [0.3, 0.4) is 0 Å². The van der Waals surface area contributed by atoms with Crippen LogP contribution in [0.25, 0.3) is 121 Å². The molecule has 0 N–H and O–H groups in total. The van der Waals surface area contributed by atoms with Crippen LogP contribution in [0, 0.1) is 13.8 Å². The molecule has 0 fully saturated rings. The highest BCUT2D eigenvalue weighted by atomic mass is 15.2. The number of fused-ring (bicyclic) bond motifs is 31. The number of nitrogens with zero attached hydrogens (tertiary/aromatic N) is 2. The van der Waals surface area contributed by atoms with Gasteiger partial charge in [-0.25, -0.2) is 0 Å². The van der Waals surface area contributed by atoms with Crippen molar-refractivity contribution in [2.45, 2.75) is 82.5 Å². The van der Waals surface area contributed by atoms with Gasteiger partial charge in [-0.05, 0) is 309 Å². The second-order valence-corrected chi connectivity index (χ2v) is 37.7. The van der Waals surface area contributed by atoms with Crippen LogP contribution in [0.15, 0.2) is 413 Å². The standard InChI is InChI=1S/C64H49N.C61H43N/c1-40-36-42(52-37-41-18-6-7-19-45(41)46-20-8-9-21-47(46)52)30-35-61(40)65(43-31-33-50-48-22-10-12-24-53(48)62(2,3)59(50)38-43)44-32-34-51-49-23-11-13-25-54(49)64(60(51)39-44)57-28-16-14-26-55(57)63(4,5)56-27-15-17-29-58(56)64;1-38-34-40(52-35-39-16-4-5-17-43(39)44-18-6-7-19-45(44)52)28-33-59(38)62(41-29-31-50-46-20-8-12-24-53(46)60(2,3)57(50)36-41)42-30-32-51-49-23-11-15-27-56(49)61(58(51)37-42)54-25-13-9-21-47(54)48-22-10-14-26-55(48)61/h6-39H,1-5H3;4-37H,1-3H3. The van der Waals surface area contributed by atoms with Crippen molar-refractivity contribution in [1.29, 1.82) is 0 Å². The summed E-state index contributed by atoms with van der Waals surface area (Å²) < 4.78 is 0. The molecule has 127 heavy (non-hydrogen) atoms. The van der Waals surface area contributed by atoms with Crippen LogP contribution >= 0.6 is 0 Å². The zero-order valence-electron chi connectivity index (χ0n) is 72.7.